The van der Waals surface area contributed by atoms with E-state index in [1.54, 1.807) is 30.3 Å². The molecule has 15 heteroatoms. The van der Waals surface area contributed by atoms with Crippen LogP contribution in [0.5, 0.6) is 11.5 Å². The third-order valence-electron chi connectivity index (χ3n) is 4.58. The molecule has 204 valence electrons. The van der Waals surface area contributed by atoms with E-state index in [2.05, 4.69) is 15.2 Å². The third kappa shape index (κ3) is 9.20. The van der Waals surface area contributed by atoms with Crippen molar-refractivity contribution >= 4 is 29.0 Å². The molecule has 0 saturated heterocycles. The maximum atomic E-state index is 13.6. The molecule has 0 spiro atoms. The van der Waals surface area contributed by atoms with Crippen LogP contribution < -0.4 is 19.0 Å². The average molecular weight is 593 g/mol. The predicted molar refractivity (Wildman–Crippen MR) is 141 cm³/mol. The number of nitrogens with zero attached hydrogens (tertiary/aromatic N) is 3. The van der Waals surface area contributed by atoms with Gasteiger partial charge in [-0.15, -0.1) is 10.2 Å². The van der Waals surface area contributed by atoms with Gasteiger partial charge in [-0.2, -0.15) is 9.98 Å². The molecule has 0 aliphatic heterocycles. The summed E-state index contributed by atoms with van der Waals surface area (Å²) < 4.78 is 62.7. The van der Waals surface area contributed by atoms with E-state index in [-0.39, 0.29) is 11.3 Å². The van der Waals surface area contributed by atoms with Gasteiger partial charge in [0.25, 0.3) is 10.0 Å². The van der Waals surface area contributed by atoms with E-state index in [9.17, 15) is 22.3 Å². The van der Waals surface area contributed by atoms with Gasteiger partial charge in [-0.1, -0.05) is 24.3 Å². The van der Waals surface area contributed by atoms with Gasteiger partial charge in [-0.3, -0.25) is 0 Å². The minimum Gasteiger partial charge on any atom is -0.494 e. The Bertz CT molecular complexity index is 1540. The Morgan fingerprint density at radius 1 is 1.13 bits per heavy atom. The smallest absolute Gasteiger partial charge is 0.391 e. The average Bonchev–Trinajstić information content (AvgIpc) is 3.44. The lowest BCUT2D eigenvalue weighted by atomic mass is 10.2. The van der Waals surface area contributed by atoms with Gasteiger partial charge in [-0.05, 0) is 42.8 Å². The molecule has 0 aliphatic rings. The topological polar surface area (TPSA) is 166 Å². The number of hydrogen-bond acceptors (Lipinski definition) is 9. The monoisotopic (exact) mass is 592 g/mol. The van der Waals surface area contributed by atoms with Crippen LogP contribution in [-0.2, 0) is 14.6 Å². The normalized spacial score (nSPS) is 12.4. The first kappa shape index (κ1) is 29.8. The SMILES string of the molecule is CCCOc1ccc(-c2nnc(S(=O)(=O)NCP(=O)(O)Oc3ccc(C#N)c(F)c3)s2)cc1.c1cc[nH+]cc1. The lowest BCUT2D eigenvalue weighted by Gasteiger charge is -2.13. The second-order valence-electron chi connectivity index (χ2n) is 7.61. The van der Waals surface area contributed by atoms with Gasteiger partial charge >= 0.3 is 7.60 Å². The van der Waals surface area contributed by atoms with Crippen LogP contribution in [0, 0.1) is 17.1 Å². The third-order valence-corrected chi connectivity index (χ3v) is 8.59. The van der Waals surface area contributed by atoms with Crippen LogP contribution in [-0.4, -0.2) is 36.4 Å². The summed E-state index contributed by atoms with van der Waals surface area (Å²) in [5.74, 6) is -0.608. The van der Waals surface area contributed by atoms with Crippen molar-refractivity contribution in [1.82, 2.24) is 14.9 Å². The van der Waals surface area contributed by atoms with Crippen LogP contribution in [0.25, 0.3) is 10.6 Å². The Balaban J connectivity index is 0.000000617. The predicted octanol–water partition coefficient (Wildman–Crippen LogP) is 4.01. The highest BCUT2D eigenvalue weighted by Crippen LogP contribution is 2.42. The van der Waals surface area contributed by atoms with Gasteiger partial charge in [0, 0.05) is 23.8 Å². The number of rotatable bonds is 10. The number of H-pyrrole nitrogens is 1. The molecule has 3 N–H and O–H groups in total. The Morgan fingerprint density at radius 2 is 1.82 bits per heavy atom. The Morgan fingerprint density at radius 3 is 2.38 bits per heavy atom. The first-order valence-electron chi connectivity index (χ1n) is 11.3. The molecule has 1 unspecified atom stereocenters. The highest BCUT2D eigenvalue weighted by Gasteiger charge is 2.28. The van der Waals surface area contributed by atoms with E-state index in [4.69, 9.17) is 14.5 Å². The molecule has 39 heavy (non-hydrogen) atoms. The number of aromatic nitrogens is 3. The van der Waals surface area contributed by atoms with E-state index in [0.29, 0.717) is 22.9 Å². The Hall–Kier alpha value is -3.73. The summed E-state index contributed by atoms with van der Waals surface area (Å²) in [7, 11) is -8.81. The van der Waals surface area contributed by atoms with Crippen LogP contribution in [0.3, 0.4) is 0 Å². The number of nitrogens with one attached hydrogen (secondary N) is 2. The molecule has 1 atom stereocenters. The van der Waals surface area contributed by atoms with Crippen molar-refractivity contribution < 1.29 is 36.5 Å². The van der Waals surface area contributed by atoms with Gasteiger partial charge in [0.15, 0.2) is 12.4 Å². The van der Waals surface area contributed by atoms with Crippen LogP contribution in [0.2, 0.25) is 0 Å². The van der Waals surface area contributed by atoms with Crippen molar-refractivity contribution in [2.45, 2.75) is 17.7 Å². The summed E-state index contributed by atoms with van der Waals surface area (Å²) >= 11 is 0.771. The van der Waals surface area contributed by atoms with Crippen molar-refractivity contribution in [2.75, 3.05) is 12.9 Å². The maximum absolute atomic E-state index is 13.6. The van der Waals surface area contributed by atoms with Crippen LogP contribution in [0.4, 0.5) is 4.39 Å². The number of sulfonamides is 1. The number of pyridine rings is 1. The number of hydrogen-bond donors (Lipinski definition) is 2. The molecule has 0 fully saturated rings. The van der Waals surface area contributed by atoms with Crippen molar-refractivity contribution in [3.05, 3.63) is 84.4 Å². The summed E-state index contributed by atoms with van der Waals surface area (Å²) in [5, 5.41) is 16.5. The van der Waals surface area contributed by atoms with E-state index in [1.807, 2.05) is 42.2 Å². The van der Waals surface area contributed by atoms with Gasteiger partial charge in [0.1, 0.15) is 34.7 Å². The molecule has 4 aromatic rings. The molecule has 4 rings (SSSR count). The number of ether oxygens (including phenoxy) is 1. The molecule has 0 aliphatic carbocycles. The maximum Gasteiger partial charge on any atom is 0.391 e. The van der Waals surface area contributed by atoms with Gasteiger partial charge in [0.05, 0.1) is 12.2 Å². The lowest BCUT2D eigenvalue weighted by Crippen LogP contribution is -2.25. The second-order valence-corrected chi connectivity index (χ2v) is 12.3. The Labute approximate surface area is 228 Å². The van der Waals surface area contributed by atoms with Crippen molar-refractivity contribution in [3.63, 3.8) is 0 Å². The summed E-state index contributed by atoms with van der Waals surface area (Å²) in [6.07, 6.45) is 3.62. The molecular formula is C24H24FN5O6PS2+. The number of benzene rings is 2. The van der Waals surface area contributed by atoms with Crippen molar-refractivity contribution in [3.8, 4) is 28.1 Å². The highest BCUT2D eigenvalue weighted by molar-refractivity contribution is 7.91. The molecule has 2 aromatic carbocycles. The fourth-order valence-corrected chi connectivity index (χ4v) is 6.31. The van der Waals surface area contributed by atoms with Gasteiger partial charge in [-0.25, -0.2) is 22.4 Å². The molecule has 0 bridgehead atoms. The largest absolute Gasteiger partial charge is 0.494 e. The molecule has 0 radical (unpaired) electrons. The Kier molecular flexibility index (Phi) is 10.6. The van der Waals surface area contributed by atoms with E-state index in [0.717, 1.165) is 36.0 Å². The van der Waals surface area contributed by atoms with Gasteiger partial charge < -0.3 is 14.2 Å². The minimum atomic E-state index is -4.54. The van der Waals surface area contributed by atoms with Crippen LogP contribution in [0.15, 0.2) is 77.4 Å². The van der Waals surface area contributed by atoms with Crippen LogP contribution in [0.1, 0.15) is 18.9 Å². The quantitative estimate of drug-likeness (QED) is 0.259. The first-order chi connectivity index (χ1) is 18.6. The fraction of sp³-hybridized carbons (Fsp3) is 0.167. The summed E-state index contributed by atoms with van der Waals surface area (Å²) in [6, 6.07) is 17.3. The molecule has 2 aromatic heterocycles. The second kappa shape index (κ2) is 13.9. The molecular weight excluding hydrogens is 568 g/mol. The van der Waals surface area contributed by atoms with Gasteiger partial charge in [0.2, 0.25) is 4.34 Å². The molecule has 2 heterocycles. The van der Waals surface area contributed by atoms with E-state index < -0.39 is 34.1 Å². The summed E-state index contributed by atoms with van der Waals surface area (Å²) in [5.41, 5.74) is 0.350. The molecule has 0 amide bonds. The van der Waals surface area contributed by atoms with E-state index >= 15 is 0 Å². The zero-order chi connectivity index (χ0) is 28.3. The lowest BCUT2D eigenvalue weighted by molar-refractivity contribution is -0.377. The van der Waals surface area contributed by atoms with Crippen LogP contribution >= 0.6 is 18.9 Å². The fourth-order valence-electron chi connectivity index (χ4n) is 2.76. The number of halogens is 1. The van der Waals surface area contributed by atoms with E-state index in [1.165, 1.54) is 0 Å². The zero-order valence-electron chi connectivity index (χ0n) is 20.5. The summed E-state index contributed by atoms with van der Waals surface area (Å²) in [4.78, 5) is 12.8. The highest BCUT2D eigenvalue weighted by atomic mass is 32.2. The summed E-state index contributed by atoms with van der Waals surface area (Å²) in [6.45, 7) is 2.56. The standard InChI is InChI=1S/C19H18FN4O6PS2.C5H5N/c1-2-9-29-15-6-3-13(4-7-15)18-23-24-19(32-18)33(27,28)22-12-31(25,26)30-16-8-5-14(11-21)17(20)10-16;1-2-4-6-5-3-1/h3-8,10,22H,2,9,12H2,1H3,(H,25,26);1-5H/p+1. The first-order valence-corrected chi connectivity index (χ1v) is 15.4. The number of aromatic amines is 1. The van der Waals surface area contributed by atoms with Crippen molar-refractivity contribution in [1.29, 1.82) is 5.26 Å². The zero-order valence-corrected chi connectivity index (χ0v) is 23.0. The van der Waals surface area contributed by atoms with Crippen molar-refractivity contribution in [2.24, 2.45) is 0 Å². The minimum absolute atomic E-state index is 0.272. The number of nitriles is 1. The molecule has 0 saturated carbocycles. The molecule has 11 nitrogen and oxygen atoms in total.